The van der Waals surface area contributed by atoms with Crippen LogP contribution in [0.5, 0.6) is 11.5 Å². The molecule has 2 aromatic carbocycles. The van der Waals surface area contributed by atoms with Gasteiger partial charge in [0.05, 0.1) is 25.5 Å². The van der Waals surface area contributed by atoms with Crippen LogP contribution < -0.4 is 14.8 Å². The number of benzene rings is 2. The molecular weight excluding hydrogens is 380 g/mol. The van der Waals surface area contributed by atoms with Gasteiger partial charge in [-0.15, -0.1) is 0 Å². The number of carbonyl (C=O) groups is 1. The van der Waals surface area contributed by atoms with E-state index in [1.165, 1.54) is 26.0 Å². The maximum absolute atomic E-state index is 12.0. The number of hydrogen-bond acceptors (Lipinski definition) is 5. The zero-order chi connectivity index (χ0) is 20.7. The number of ether oxygens (including phenoxy) is 2. The van der Waals surface area contributed by atoms with E-state index in [2.05, 4.69) is 31.2 Å². The molecular formula is C21H25ClN2O4. The molecule has 1 amide bonds. The molecule has 0 radical (unpaired) electrons. The molecule has 0 unspecified atom stereocenters. The first-order valence-corrected chi connectivity index (χ1v) is 9.09. The predicted octanol–water partition coefficient (Wildman–Crippen LogP) is 4.64. The maximum atomic E-state index is 12.0. The fourth-order valence-corrected chi connectivity index (χ4v) is 2.75. The van der Waals surface area contributed by atoms with Crippen molar-refractivity contribution in [3.8, 4) is 11.5 Å². The van der Waals surface area contributed by atoms with E-state index < -0.39 is 0 Å². The number of oxime groups is 1. The summed E-state index contributed by atoms with van der Waals surface area (Å²) < 4.78 is 10.4. The van der Waals surface area contributed by atoms with Crippen LogP contribution in [0.4, 0.5) is 5.69 Å². The van der Waals surface area contributed by atoms with Gasteiger partial charge in [-0.1, -0.05) is 49.7 Å². The Hall–Kier alpha value is -2.73. The molecule has 7 heteroatoms. The second-order valence-electron chi connectivity index (χ2n) is 7.12. The van der Waals surface area contributed by atoms with Gasteiger partial charge in [0.15, 0.2) is 18.1 Å². The fraction of sp³-hybridized carbons (Fsp3) is 0.333. The van der Waals surface area contributed by atoms with Crippen molar-refractivity contribution in [2.24, 2.45) is 5.16 Å². The Bertz CT molecular complexity index is 843. The molecule has 0 aliphatic heterocycles. The monoisotopic (exact) mass is 404 g/mol. The lowest BCUT2D eigenvalue weighted by atomic mass is 9.87. The highest BCUT2D eigenvalue weighted by atomic mass is 35.5. The van der Waals surface area contributed by atoms with Gasteiger partial charge < -0.3 is 19.6 Å². The number of amides is 1. The lowest BCUT2D eigenvalue weighted by Crippen LogP contribution is -2.17. The van der Waals surface area contributed by atoms with Gasteiger partial charge in [-0.3, -0.25) is 4.79 Å². The standard InChI is InChI=1S/C21H25ClN2O4/c1-21(2,3)15-6-8-16(9-7-15)24-19(25)13-28-23-12-14-10-17(22)20(27-5)18(11-14)26-4/h6-12H,13H2,1-5H3,(H,24,25)/b23-12-. The molecule has 0 aromatic heterocycles. The molecule has 0 bridgehead atoms. The minimum Gasteiger partial charge on any atom is -0.493 e. The van der Waals surface area contributed by atoms with Gasteiger partial charge >= 0.3 is 0 Å². The largest absolute Gasteiger partial charge is 0.493 e. The van der Waals surface area contributed by atoms with Crippen molar-refractivity contribution in [3.63, 3.8) is 0 Å². The average Bonchev–Trinajstić information content (AvgIpc) is 2.64. The van der Waals surface area contributed by atoms with Gasteiger partial charge in [-0.2, -0.15) is 0 Å². The number of nitrogens with one attached hydrogen (secondary N) is 1. The van der Waals surface area contributed by atoms with Crippen LogP contribution in [0.3, 0.4) is 0 Å². The summed E-state index contributed by atoms with van der Waals surface area (Å²) in [7, 11) is 3.03. The summed E-state index contributed by atoms with van der Waals surface area (Å²) in [4.78, 5) is 17.0. The molecule has 6 nitrogen and oxygen atoms in total. The summed E-state index contributed by atoms with van der Waals surface area (Å²) in [5.41, 5.74) is 2.62. The van der Waals surface area contributed by atoms with Gasteiger partial charge in [0.1, 0.15) is 0 Å². The van der Waals surface area contributed by atoms with Crippen LogP contribution >= 0.6 is 11.6 Å². The third-order valence-electron chi connectivity index (χ3n) is 3.96. The van der Waals surface area contributed by atoms with E-state index in [4.69, 9.17) is 25.9 Å². The predicted molar refractivity (Wildman–Crippen MR) is 112 cm³/mol. The van der Waals surface area contributed by atoms with Gasteiger partial charge in [0.2, 0.25) is 0 Å². The lowest BCUT2D eigenvalue weighted by Gasteiger charge is -2.19. The summed E-state index contributed by atoms with van der Waals surface area (Å²) in [6.07, 6.45) is 1.44. The third kappa shape index (κ3) is 5.89. The zero-order valence-corrected chi connectivity index (χ0v) is 17.5. The summed E-state index contributed by atoms with van der Waals surface area (Å²) >= 11 is 6.13. The van der Waals surface area contributed by atoms with Crippen molar-refractivity contribution < 1.29 is 19.1 Å². The van der Waals surface area contributed by atoms with Crippen molar-refractivity contribution in [3.05, 3.63) is 52.5 Å². The van der Waals surface area contributed by atoms with E-state index in [-0.39, 0.29) is 17.9 Å². The van der Waals surface area contributed by atoms with E-state index in [9.17, 15) is 4.79 Å². The Kier molecular flexibility index (Phi) is 7.29. The summed E-state index contributed by atoms with van der Waals surface area (Å²) in [5, 5.41) is 6.96. The normalized spacial score (nSPS) is 11.4. The average molecular weight is 405 g/mol. The number of methoxy groups -OCH3 is 2. The summed E-state index contributed by atoms with van der Waals surface area (Å²) in [6, 6.07) is 11.1. The van der Waals surface area contributed by atoms with E-state index in [0.717, 1.165) is 0 Å². The molecule has 1 N–H and O–H groups in total. The summed E-state index contributed by atoms with van der Waals surface area (Å²) in [6.45, 7) is 6.20. The number of rotatable bonds is 7. The Morgan fingerprint density at radius 1 is 1.14 bits per heavy atom. The van der Waals surface area contributed by atoms with E-state index in [1.54, 1.807) is 12.1 Å². The number of hydrogen-bond donors (Lipinski definition) is 1. The Labute approximate surface area is 170 Å². The minimum absolute atomic E-state index is 0.0629. The molecule has 0 saturated carbocycles. The topological polar surface area (TPSA) is 69.2 Å². The number of halogens is 1. The van der Waals surface area contributed by atoms with Gasteiger partial charge in [0, 0.05) is 11.3 Å². The van der Waals surface area contributed by atoms with Crippen LogP contribution in [0.1, 0.15) is 31.9 Å². The van der Waals surface area contributed by atoms with Gasteiger partial charge in [-0.25, -0.2) is 0 Å². The third-order valence-corrected chi connectivity index (χ3v) is 4.24. The SMILES string of the molecule is COc1cc(/C=N\OCC(=O)Nc2ccc(C(C)(C)C)cc2)cc(Cl)c1OC. The van der Waals surface area contributed by atoms with Crippen molar-refractivity contribution >= 4 is 29.4 Å². The van der Waals surface area contributed by atoms with Crippen LogP contribution in [0.25, 0.3) is 0 Å². The molecule has 2 aromatic rings. The number of nitrogens with zero attached hydrogens (tertiary/aromatic N) is 1. The van der Waals surface area contributed by atoms with Crippen molar-refractivity contribution in [2.45, 2.75) is 26.2 Å². The first-order valence-electron chi connectivity index (χ1n) is 8.72. The van der Waals surface area contributed by atoms with Crippen molar-refractivity contribution in [1.29, 1.82) is 0 Å². The molecule has 0 heterocycles. The Morgan fingerprint density at radius 2 is 1.82 bits per heavy atom. The van der Waals surface area contributed by atoms with Crippen LogP contribution in [0, 0.1) is 0 Å². The second-order valence-corrected chi connectivity index (χ2v) is 7.53. The molecule has 0 aliphatic carbocycles. The maximum Gasteiger partial charge on any atom is 0.265 e. The van der Waals surface area contributed by atoms with Crippen LogP contribution in [-0.4, -0.2) is 32.9 Å². The van der Waals surface area contributed by atoms with Crippen molar-refractivity contribution in [1.82, 2.24) is 0 Å². The van der Waals surface area contributed by atoms with Crippen molar-refractivity contribution in [2.75, 3.05) is 26.1 Å². The van der Waals surface area contributed by atoms with E-state index >= 15 is 0 Å². The van der Waals surface area contributed by atoms with Gasteiger partial charge in [-0.05, 0) is 35.2 Å². The Balaban J connectivity index is 1.89. The fourth-order valence-electron chi connectivity index (χ4n) is 2.46. The molecule has 0 fully saturated rings. The van der Waals surface area contributed by atoms with Crippen LogP contribution in [0.2, 0.25) is 5.02 Å². The van der Waals surface area contributed by atoms with Gasteiger partial charge in [0.25, 0.3) is 5.91 Å². The Morgan fingerprint density at radius 3 is 2.39 bits per heavy atom. The zero-order valence-electron chi connectivity index (χ0n) is 16.7. The molecule has 0 aliphatic rings. The molecule has 2 rings (SSSR count). The number of carbonyl (C=O) groups excluding carboxylic acids is 1. The molecule has 0 spiro atoms. The highest BCUT2D eigenvalue weighted by molar-refractivity contribution is 6.32. The molecule has 0 atom stereocenters. The molecule has 28 heavy (non-hydrogen) atoms. The first kappa shape index (κ1) is 21.6. The molecule has 150 valence electrons. The van der Waals surface area contributed by atoms with E-state index in [0.29, 0.717) is 27.8 Å². The lowest BCUT2D eigenvalue weighted by molar-refractivity contribution is -0.120. The molecule has 0 saturated heterocycles. The summed E-state index contributed by atoms with van der Waals surface area (Å²) in [5.74, 6) is 0.623. The minimum atomic E-state index is -0.300. The number of anilines is 1. The quantitative estimate of drug-likeness (QED) is 0.539. The first-order chi connectivity index (χ1) is 13.2. The van der Waals surface area contributed by atoms with Crippen LogP contribution in [0.15, 0.2) is 41.6 Å². The highest BCUT2D eigenvalue weighted by Gasteiger charge is 2.13. The van der Waals surface area contributed by atoms with Crippen LogP contribution in [-0.2, 0) is 15.0 Å². The van der Waals surface area contributed by atoms with E-state index in [1.807, 2.05) is 24.3 Å². The second kappa shape index (κ2) is 9.46. The smallest absolute Gasteiger partial charge is 0.265 e. The highest BCUT2D eigenvalue weighted by Crippen LogP contribution is 2.35.